The van der Waals surface area contributed by atoms with Gasteiger partial charge in [-0.15, -0.1) is 10.2 Å². The second kappa shape index (κ2) is 5.31. The molecule has 0 aliphatic carbocycles. The molecule has 108 valence electrons. The second-order valence-electron chi connectivity index (χ2n) is 4.84. The number of benzene rings is 1. The third-order valence-electron chi connectivity index (χ3n) is 3.37. The summed E-state index contributed by atoms with van der Waals surface area (Å²) in [5.41, 5.74) is 2.43. The summed E-state index contributed by atoms with van der Waals surface area (Å²) in [5, 5.41) is 15.5. The zero-order valence-corrected chi connectivity index (χ0v) is 11.5. The van der Waals surface area contributed by atoms with Crippen LogP contribution in [0.5, 0.6) is 0 Å². The molecule has 0 spiro atoms. The molecular weight excluding hydrogens is 272 g/mol. The number of hydrogen-bond donors (Lipinski definition) is 2. The topological polar surface area (TPSA) is 104 Å². The van der Waals surface area contributed by atoms with E-state index in [1.807, 2.05) is 19.1 Å². The molecule has 2 amide bonds. The number of aromatic amines is 1. The molecule has 21 heavy (non-hydrogen) atoms. The molecule has 8 heteroatoms. The third kappa shape index (κ3) is 2.60. The highest BCUT2D eigenvalue weighted by atomic mass is 16.2. The summed E-state index contributed by atoms with van der Waals surface area (Å²) in [5.74, 6) is -0.318. The summed E-state index contributed by atoms with van der Waals surface area (Å²) in [6.45, 7) is 2.65. The quantitative estimate of drug-likeness (QED) is 0.872. The minimum Gasteiger partial charge on any atom is -0.319 e. The lowest BCUT2D eigenvalue weighted by atomic mass is 10.1. The zero-order valence-electron chi connectivity index (χ0n) is 11.5. The Morgan fingerprint density at radius 3 is 2.90 bits per heavy atom. The lowest BCUT2D eigenvalue weighted by molar-refractivity contribution is -0.117. The average Bonchev–Trinajstić information content (AvgIpc) is 3.10. The highest BCUT2D eigenvalue weighted by molar-refractivity contribution is 6.02. The number of amides is 2. The predicted molar refractivity (Wildman–Crippen MR) is 74.9 cm³/mol. The van der Waals surface area contributed by atoms with Gasteiger partial charge in [0.25, 0.3) is 11.7 Å². The maximum atomic E-state index is 11.8. The minimum atomic E-state index is -0.437. The molecule has 1 saturated heterocycles. The van der Waals surface area contributed by atoms with E-state index in [2.05, 4.69) is 25.9 Å². The number of H-pyrrole nitrogens is 1. The van der Waals surface area contributed by atoms with Crippen molar-refractivity contribution in [2.45, 2.75) is 19.8 Å². The molecule has 2 N–H and O–H groups in total. The fraction of sp³-hybridized carbons (Fsp3) is 0.308. The van der Waals surface area contributed by atoms with Gasteiger partial charge in [-0.3, -0.25) is 9.59 Å². The van der Waals surface area contributed by atoms with E-state index in [-0.39, 0.29) is 11.7 Å². The summed E-state index contributed by atoms with van der Waals surface area (Å²) in [6, 6.07) is 5.41. The van der Waals surface area contributed by atoms with E-state index in [1.165, 1.54) is 0 Å². The molecule has 2 aromatic rings. The van der Waals surface area contributed by atoms with Crippen LogP contribution in [0.15, 0.2) is 18.2 Å². The number of hydrogen-bond acceptors (Lipinski definition) is 5. The Morgan fingerprint density at radius 2 is 2.29 bits per heavy atom. The number of nitrogens with zero attached hydrogens (tertiary/aromatic N) is 4. The van der Waals surface area contributed by atoms with Crippen LogP contribution < -0.4 is 10.2 Å². The fourth-order valence-electron chi connectivity index (χ4n) is 2.38. The van der Waals surface area contributed by atoms with Crippen LogP contribution >= 0.6 is 0 Å². The molecule has 0 unspecified atom stereocenters. The van der Waals surface area contributed by atoms with Gasteiger partial charge >= 0.3 is 0 Å². The van der Waals surface area contributed by atoms with Gasteiger partial charge in [0, 0.05) is 24.3 Å². The Kier molecular flexibility index (Phi) is 3.35. The summed E-state index contributed by atoms with van der Waals surface area (Å²) >= 11 is 0. The van der Waals surface area contributed by atoms with Crippen LogP contribution in [0.2, 0.25) is 0 Å². The molecule has 3 rings (SSSR count). The molecule has 1 fully saturated rings. The van der Waals surface area contributed by atoms with Gasteiger partial charge in [-0.1, -0.05) is 0 Å². The fourth-order valence-corrected chi connectivity index (χ4v) is 2.38. The van der Waals surface area contributed by atoms with Gasteiger partial charge in [-0.05, 0) is 42.3 Å². The lowest BCUT2D eigenvalue weighted by Gasteiger charge is -2.19. The minimum absolute atomic E-state index is 0.0218. The van der Waals surface area contributed by atoms with Gasteiger partial charge in [0.1, 0.15) is 0 Å². The molecule has 0 saturated carbocycles. The van der Waals surface area contributed by atoms with Crippen LogP contribution in [0.25, 0.3) is 0 Å². The number of nitrogens with one attached hydrogen (secondary N) is 2. The van der Waals surface area contributed by atoms with Gasteiger partial charge in [-0.25, -0.2) is 0 Å². The van der Waals surface area contributed by atoms with Gasteiger partial charge in [-0.2, -0.15) is 5.21 Å². The number of anilines is 2. The van der Waals surface area contributed by atoms with Crippen LogP contribution in [-0.4, -0.2) is 39.0 Å². The Balaban J connectivity index is 1.78. The first-order valence-electron chi connectivity index (χ1n) is 6.61. The van der Waals surface area contributed by atoms with Crippen LogP contribution in [0, 0.1) is 6.92 Å². The first kappa shape index (κ1) is 13.2. The number of tetrazole rings is 1. The van der Waals surface area contributed by atoms with Crippen LogP contribution in [0.3, 0.4) is 0 Å². The Bertz CT molecular complexity index is 682. The summed E-state index contributed by atoms with van der Waals surface area (Å²) in [4.78, 5) is 25.4. The second-order valence-corrected chi connectivity index (χ2v) is 4.84. The Hall–Kier alpha value is -2.77. The number of carbonyl (C=O) groups is 2. The highest BCUT2D eigenvalue weighted by Crippen LogP contribution is 2.27. The van der Waals surface area contributed by atoms with Gasteiger partial charge < -0.3 is 10.2 Å². The first-order valence-corrected chi connectivity index (χ1v) is 6.61. The van der Waals surface area contributed by atoms with E-state index >= 15 is 0 Å². The molecule has 0 atom stereocenters. The highest BCUT2D eigenvalue weighted by Gasteiger charge is 2.23. The molecule has 1 aromatic carbocycles. The molecule has 1 aliphatic heterocycles. The van der Waals surface area contributed by atoms with Crippen molar-refractivity contribution in [3.8, 4) is 0 Å². The van der Waals surface area contributed by atoms with Crippen molar-refractivity contribution in [1.82, 2.24) is 20.6 Å². The molecule has 1 aromatic heterocycles. The van der Waals surface area contributed by atoms with Crippen LogP contribution in [-0.2, 0) is 4.79 Å². The van der Waals surface area contributed by atoms with Crippen molar-refractivity contribution in [3.05, 3.63) is 29.6 Å². The van der Waals surface area contributed by atoms with E-state index in [0.29, 0.717) is 12.1 Å². The molecule has 0 bridgehead atoms. The standard InChI is InChI=1S/C13H14N6O2/c1-8-7-9(14-13(21)12-15-17-18-16-12)4-5-10(8)19-6-2-3-11(19)20/h4-5,7H,2-3,6H2,1H3,(H,14,21)(H,15,16,17,18). The number of aryl methyl sites for hydroxylation is 1. The van der Waals surface area contributed by atoms with Crippen molar-refractivity contribution in [3.63, 3.8) is 0 Å². The summed E-state index contributed by atoms with van der Waals surface area (Å²) in [7, 11) is 0. The normalized spacial score (nSPS) is 14.5. The first-order chi connectivity index (χ1) is 10.1. The number of rotatable bonds is 3. The maximum absolute atomic E-state index is 11.8. The Morgan fingerprint density at radius 1 is 1.43 bits per heavy atom. The summed E-state index contributed by atoms with van der Waals surface area (Å²) in [6.07, 6.45) is 1.48. The predicted octanol–water partition coefficient (Wildman–Crippen LogP) is 0.887. The van der Waals surface area contributed by atoms with E-state index in [9.17, 15) is 9.59 Å². The molecular formula is C13H14N6O2. The van der Waals surface area contributed by atoms with E-state index < -0.39 is 5.91 Å². The smallest absolute Gasteiger partial charge is 0.297 e. The Labute approximate surface area is 120 Å². The van der Waals surface area contributed by atoms with Crippen molar-refractivity contribution in [2.24, 2.45) is 0 Å². The summed E-state index contributed by atoms with van der Waals surface area (Å²) < 4.78 is 0. The molecule has 1 aliphatic rings. The third-order valence-corrected chi connectivity index (χ3v) is 3.37. The molecule has 8 nitrogen and oxygen atoms in total. The van der Waals surface area contributed by atoms with E-state index in [1.54, 1.807) is 11.0 Å². The maximum Gasteiger partial charge on any atom is 0.297 e. The lowest BCUT2D eigenvalue weighted by Crippen LogP contribution is -2.24. The monoisotopic (exact) mass is 286 g/mol. The number of carbonyl (C=O) groups excluding carboxylic acids is 2. The van der Waals surface area contributed by atoms with Crippen molar-refractivity contribution in [1.29, 1.82) is 0 Å². The van der Waals surface area contributed by atoms with E-state index in [0.717, 1.165) is 24.2 Å². The van der Waals surface area contributed by atoms with Crippen molar-refractivity contribution >= 4 is 23.2 Å². The number of aromatic nitrogens is 4. The van der Waals surface area contributed by atoms with Gasteiger partial charge in [0.2, 0.25) is 5.91 Å². The SMILES string of the molecule is Cc1cc(NC(=O)c2nn[nH]n2)ccc1N1CCCC1=O. The van der Waals surface area contributed by atoms with E-state index in [4.69, 9.17) is 0 Å². The molecule has 0 radical (unpaired) electrons. The van der Waals surface area contributed by atoms with Crippen molar-refractivity contribution in [2.75, 3.05) is 16.8 Å². The van der Waals surface area contributed by atoms with Crippen LogP contribution in [0.4, 0.5) is 11.4 Å². The average molecular weight is 286 g/mol. The largest absolute Gasteiger partial charge is 0.319 e. The van der Waals surface area contributed by atoms with Crippen molar-refractivity contribution < 1.29 is 9.59 Å². The van der Waals surface area contributed by atoms with Gasteiger partial charge in [0.05, 0.1) is 0 Å². The molecule has 2 heterocycles. The zero-order chi connectivity index (χ0) is 14.8. The van der Waals surface area contributed by atoms with Crippen LogP contribution in [0.1, 0.15) is 29.0 Å². The van der Waals surface area contributed by atoms with Gasteiger partial charge in [0.15, 0.2) is 0 Å².